The maximum absolute atomic E-state index is 8.93. The number of rotatable bonds is 4. The Bertz CT molecular complexity index is 284. The maximum Gasteiger partial charge on any atom is 0.120 e. The van der Waals surface area contributed by atoms with Crippen LogP contribution in [0.15, 0.2) is 22.8 Å². The molecule has 0 aliphatic carbocycles. The predicted molar refractivity (Wildman–Crippen MR) is 63.2 cm³/mol. The smallest absolute Gasteiger partial charge is 0.120 e. The molecule has 0 radical (unpaired) electrons. The lowest BCUT2D eigenvalue weighted by atomic mass is 10.1. The van der Waals surface area contributed by atoms with Gasteiger partial charge in [-0.25, -0.2) is 0 Å². The number of nitrogens with zero attached hydrogens (tertiary/aromatic N) is 1. The minimum atomic E-state index is 0.279. The van der Waals surface area contributed by atoms with Crippen LogP contribution in [0.2, 0.25) is 0 Å². The van der Waals surface area contributed by atoms with Crippen molar-refractivity contribution in [3.63, 3.8) is 0 Å². The second-order valence-electron chi connectivity index (χ2n) is 4.49. The molecule has 1 aliphatic rings. The van der Waals surface area contributed by atoms with E-state index in [0.717, 1.165) is 25.3 Å². The fourth-order valence-corrected chi connectivity index (χ4v) is 2.51. The van der Waals surface area contributed by atoms with Crippen molar-refractivity contribution in [2.24, 2.45) is 0 Å². The van der Waals surface area contributed by atoms with E-state index in [4.69, 9.17) is 9.52 Å². The molecule has 2 heterocycles. The van der Waals surface area contributed by atoms with Crippen LogP contribution >= 0.6 is 0 Å². The van der Waals surface area contributed by atoms with E-state index < -0.39 is 0 Å². The summed E-state index contributed by atoms with van der Waals surface area (Å²) in [7, 11) is 0. The first-order valence-corrected chi connectivity index (χ1v) is 6.30. The van der Waals surface area contributed by atoms with Crippen molar-refractivity contribution in [3.05, 3.63) is 24.2 Å². The van der Waals surface area contributed by atoms with Gasteiger partial charge in [0.1, 0.15) is 5.76 Å². The summed E-state index contributed by atoms with van der Waals surface area (Å²) in [5.41, 5.74) is 0. The number of hydrogen-bond donors (Lipinski definition) is 1. The molecule has 1 fully saturated rings. The van der Waals surface area contributed by atoms with Gasteiger partial charge in [-0.05, 0) is 37.9 Å². The molecule has 0 amide bonds. The number of aliphatic hydroxyl groups excluding tert-OH is 1. The van der Waals surface area contributed by atoms with Crippen LogP contribution in [-0.2, 0) is 0 Å². The van der Waals surface area contributed by atoms with Crippen molar-refractivity contribution in [2.75, 3.05) is 19.7 Å². The van der Waals surface area contributed by atoms with Crippen molar-refractivity contribution in [2.45, 2.75) is 38.1 Å². The Morgan fingerprint density at radius 1 is 1.38 bits per heavy atom. The Morgan fingerprint density at radius 2 is 2.31 bits per heavy atom. The van der Waals surface area contributed by atoms with E-state index in [9.17, 15) is 0 Å². The van der Waals surface area contributed by atoms with Crippen molar-refractivity contribution >= 4 is 0 Å². The number of likely N-dealkylation sites (tertiary alicyclic amines) is 1. The van der Waals surface area contributed by atoms with E-state index in [1.165, 1.54) is 25.7 Å². The number of furan rings is 1. The Morgan fingerprint density at radius 3 is 3.06 bits per heavy atom. The first kappa shape index (κ1) is 11.7. The summed E-state index contributed by atoms with van der Waals surface area (Å²) in [6.45, 7) is 2.38. The van der Waals surface area contributed by atoms with Gasteiger partial charge in [0.15, 0.2) is 0 Å². The van der Waals surface area contributed by atoms with Gasteiger partial charge in [0, 0.05) is 13.2 Å². The molecule has 0 aromatic carbocycles. The zero-order valence-corrected chi connectivity index (χ0v) is 9.77. The second-order valence-corrected chi connectivity index (χ2v) is 4.49. The summed E-state index contributed by atoms with van der Waals surface area (Å²) in [6, 6.07) is 4.45. The first-order chi connectivity index (χ1) is 7.92. The molecule has 1 atom stereocenters. The highest BCUT2D eigenvalue weighted by Crippen LogP contribution is 2.30. The summed E-state index contributed by atoms with van der Waals surface area (Å²) in [5.74, 6) is 1.08. The first-order valence-electron chi connectivity index (χ1n) is 6.30. The molecule has 3 nitrogen and oxygen atoms in total. The third-order valence-electron chi connectivity index (χ3n) is 3.34. The molecule has 2 rings (SSSR count). The van der Waals surface area contributed by atoms with Gasteiger partial charge in [-0.1, -0.05) is 12.8 Å². The van der Waals surface area contributed by atoms with Gasteiger partial charge in [0.05, 0.1) is 12.3 Å². The number of hydrogen-bond acceptors (Lipinski definition) is 3. The highest BCUT2D eigenvalue weighted by atomic mass is 16.3. The topological polar surface area (TPSA) is 36.6 Å². The van der Waals surface area contributed by atoms with Crippen LogP contribution in [0, 0.1) is 0 Å². The Labute approximate surface area is 97.1 Å². The van der Waals surface area contributed by atoms with Gasteiger partial charge >= 0.3 is 0 Å². The van der Waals surface area contributed by atoms with Gasteiger partial charge in [-0.15, -0.1) is 0 Å². The molecule has 0 bridgehead atoms. The molecular weight excluding hydrogens is 202 g/mol. The molecule has 1 aromatic rings. The van der Waals surface area contributed by atoms with E-state index in [1.54, 1.807) is 6.26 Å². The second kappa shape index (κ2) is 6.06. The average molecular weight is 223 g/mol. The minimum Gasteiger partial charge on any atom is -0.468 e. The van der Waals surface area contributed by atoms with E-state index in [2.05, 4.69) is 11.0 Å². The lowest BCUT2D eigenvalue weighted by Gasteiger charge is -2.28. The van der Waals surface area contributed by atoms with Crippen molar-refractivity contribution in [3.8, 4) is 0 Å². The van der Waals surface area contributed by atoms with Crippen LogP contribution in [0.1, 0.15) is 43.9 Å². The molecule has 0 spiro atoms. The zero-order valence-electron chi connectivity index (χ0n) is 9.77. The predicted octanol–water partition coefficient (Wildman–Crippen LogP) is 2.58. The molecule has 1 aliphatic heterocycles. The lowest BCUT2D eigenvalue weighted by Crippen LogP contribution is -2.29. The zero-order chi connectivity index (χ0) is 11.2. The molecule has 1 saturated heterocycles. The van der Waals surface area contributed by atoms with Crippen LogP contribution in [0.25, 0.3) is 0 Å². The molecule has 16 heavy (non-hydrogen) atoms. The maximum atomic E-state index is 8.93. The fraction of sp³-hybridized carbons (Fsp3) is 0.692. The lowest BCUT2D eigenvalue weighted by molar-refractivity contribution is 0.159. The van der Waals surface area contributed by atoms with Crippen LogP contribution in [-0.4, -0.2) is 29.7 Å². The van der Waals surface area contributed by atoms with Crippen LogP contribution < -0.4 is 0 Å². The molecular formula is C13H21NO2. The van der Waals surface area contributed by atoms with Gasteiger partial charge in [0.2, 0.25) is 0 Å². The molecule has 0 saturated carbocycles. The summed E-state index contributed by atoms with van der Waals surface area (Å²) >= 11 is 0. The van der Waals surface area contributed by atoms with Crippen molar-refractivity contribution in [1.29, 1.82) is 0 Å². The molecule has 1 unspecified atom stereocenters. The third kappa shape index (κ3) is 2.86. The van der Waals surface area contributed by atoms with Gasteiger partial charge < -0.3 is 9.52 Å². The Balaban J connectivity index is 2.04. The monoisotopic (exact) mass is 223 g/mol. The number of aliphatic hydroxyl groups is 1. The van der Waals surface area contributed by atoms with Crippen LogP contribution in [0.4, 0.5) is 0 Å². The van der Waals surface area contributed by atoms with Gasteiger partial charge in [-0.3, -0.25) is 4.90 Å². The third-order valence-corrected chi connectivity index (χ3v) is 3.34. The van der Waals surface area contributed by atoms with Crippen molar-refractivity contribution < 1.29 is 9.52 Å². The van der Waals surface area contributed by atoms with Gasteiger partial charge in [-0.2, -0.15) is 0 Å². The van der Waals surface area contributed by atoms with E-state index in [1.807, 2.05) is 6.07 Å². The Kier molecular flexibility index (Phi) is 4.43. The average Bonchev–Trinajstić information content (AvgIpc) is 2.73. The summed E-state index contributed by atoms with van der Waals surface area (Å²) in [6.07, 6.45) is 7.65. The summed E-state index contributed by atoms with van der Waals surface area (Å²) in [5, 5.41) is 8.93. The van der Waals surface area contributed by atoms with E-state index in [0.29, 0.717) is 6.04 Å². The standard InChI is InChI=1S/C13H21NO2/c15-10-5-9-14-8-3-1-2-6-12(14)13-7-4-11-16-13/h4,7,11-12,15H,1-3,5-6,8-10H2. The minimum absolute atomic E-state index is 0.279. The quantitative estimate of drug-likeness (QED) is 0.852. The highest BCUT2D eigenvalue weighted by Gasteiger charge is 2.23. The van der Waals surface area contributed by atoms with E-state index >= 15 is 0 Å². The molecule has 1 aromatic heterocycles. The van der Waals surface area contributed by atoms with Crippen LogP contribution in [0.3, 0.4) is 0 Å². The normalized spacial score (nSPS) is 23.2. The molecule has 1 N–H and O–H groups in total. The van der Waals surface area contributed by atoms with Crippen LogP contribution in [0.5, 0.6) is 0 Å². The summed E-state index contributed by atoms with van der Waals surface area (Å²) < 4.78 is 5.53. The SMILES string of the molecule is OCCCN1CCCCCC1c1ccco1. The summed E-state index contributed by atoms with van der Waals surface area (Å²) in [4.78, 5) is 2.46. The largest absolute Gasteiger partial charge is 0.468 e. The molecule has 90 valence electrons. The van der Waals surface area contributed by atoms with E-state index in [-0.39, 0.29) is 6.61 Å². The highest BCUT2D eigenvalue weighted by molar-refractivity contribution is 5.05. The fourth-order valence-electron chi connectivity index (χ4n) is 2.51. The van der Waals surface area contributed by atoms with Gasteiger partial charge in [0.25, 0.3) is 0 Å². The molecule has 3 heteroatoms. The van der Waals surface area contributed by atoms with Crippen molar-refractivity contribution in [1.82, 2.24) is 4.90 Å². The Hall–Kier alpha value is -0.800.